The van der Waals surface area contributed by atoms with E-state index in [-0.39, 0.29) is 5.91 Å². The molecular formula is C19H19BrN2O4. The lowest BCUT2D eigenvalue weighted by Crippen LogP contribution is -2.17. The van der Waals surface area contributed by atoms with Crippen molar-refractivity contribution in [3.05, 3.63) is 64.7 Å². The average molecular weight is 419 g/mol. The molecule has 0 aliphatic heterocycles. The molecule has 2 aromatic carbocycles. The molecular weight excluding hydrogens is 400 g/mol. The van der Waals surface area contributed by atoms with Gasteiger partial charge in [0.25, 0.3) is 5.91 Å². The number of ether oxygens (including phenoxy) is 3. The van der Waals surface area contributed by atoms with Crippen molar-refractivity contribution in [3.8, 4) is 17.2 Å². The van der Waals surface area contributed by atoms with Crippen LogP contribution in [0, 0.1) is 0 Å². The summed E-state index contributed by atoms with van der Waals surface area (Å²) in [5.41, 5.74) is 3.66. The summed E-state index contributed by atoms with van der Waals surface area (Å²) < 4.78 is 16.6. The van der Waals surface area contributed by atoms with Crippen molar-refractivity contribution in [2.45, 2.75) is 0 Å². The van der Waals surface area contributed by atoms with Crippen LogP contribution >= 0.6 is 15.9 Å². The third-order valence-corrected chi connectivity index (χ3v) is 3.93. The van der Waals surface area contributed by atoms with Gasteiger partial charge in [-0.05, 0) is 51.8 Å². The highest BCUT2D eigenvalue weighted by atomic mass is 79.9. The number of hydrazone groups is 1. The second kappa shape index (κ2) is 9.62. The minimum atomic E-state index is -0.372. The lowest BCUT2D eigenvalue weighted by atomic mass is 10.2. The van der Waals surface area contributed by atoms with Crippen LogP contribution < -0.4 is 19.6 Å². The maximum Gasteiger partial charge on any atom is 0.271 e. The van der Waals surface area contributed by atoms with E-state index in [1.54, 1.807) is 24.3 Å². The number of carbonyl (C=O) groups is 1. The summed E-state index contributed by atoms with van der Waals surface area (Å²) in [7, 11) is 3.05. The molecule has 6 nitrogen and oxygen atoms in total. The van der Waals surface area contributed by atoms with Crippen molar-refractivity contribution in [1.29, 1.82) is 0 Å². The average Bonchev–Trinajstić information content (AvgIpc) is 2.66. The molecule has 0 aromatic heterocycles. The predicted molar refractivity (Wildman–Crippen MR) is 104 cm³/mol. The van der Waals surface area contributed by atoms with Gasteiger partial charge in [-0.1, -0.05) is 12.7 Å². The summed E-state index contributed by atoms with van der Waals surface area (Å²) in [6, 6.07) is 10.4. The van der Waals surface area contributed by atoms with E-state index in [4.69, 9.17) is 14.2 Å². The Balaban J connectivity index is 2.05. The van der Waals surface area contributed by atoms with E-state index >= 15 is 0 Å². The number of hydrogen-bond donors (Lipinski definition) is 1. The molecule has 0 radical (unpaired) electrons. The van der Waals surface area contributed by atoms with Gasteiger partial charge in [-0.25, -0.2) is 5.43 Å². The summed E-state index contributed by atoms with van der Waals surface area (Å²) in [6.07, 6.45) is 3.21. The van der Waals surface area contributed by atoms with Crippen LogP contribution in [0.3, 0.4) is 0 Å². The second-order valence-corrected chi connectivity index (χ2v) is 5.94. The molecule has 136 valence electrons. The van der Waals surface area contributed by atoms with Gasteiger partial charge in [0.05, 0.1) is 24.9 Å². The Morgan fingerprint density at radius 3 is 2.46 bits per heavy atom. The molecule has 2 aromatic rings. The quantitative estimate of drug-likeness (QED) is 0.402. The van der Waals surface area contributed by atoms with Crippen molar-refractivity contribution in [2.75, 3.05) is 20.8 Å². The third-order valence-electron chi connectivity index (χ3n) is 3.31. The van der Waals surface area contributed by atoms with Gasteiger partial charge < -0.3 is 14.2 Å². The van der Waals surface area contributed by atoms with E-state index in [1.807, 2.05) is 18.2 Å². The van der Waals surface area contributed by atoms with Gasteiger partial charge in [-0.2, -0.15) is 5.10 Å². The fraction of sp³-hybridized carbons (Fsp3) is 0.158. The van der Waals surface area contributed by atoms with Crippen LogP contribution in [-0.2, 0) is 0 Å². The van der Waals surface area contributed by atoms with Crippen molar-refractivity contribution >= 4 is 28.1 Å². The molecule has 0 unspecified atom stereocenters. The van der Waals surface area contributed by atoms with Crippen molar-refractivity contribution in [3.63, 3.8) is 0 Å². The Morgan fingerprint density at radius 1 is 1.19 bits per heavy atom. The van der Waals surface area contributed by atoms with Gasteiger partial charge in [0, 0.05) is 11.6 Å². The number of hydrogen-bond acceptors (Lipinski definition) is 5. The zero-order chi connectivity index (χ0) is 18.9. The number of carbonyl (C=O) groups excluding carboxylic acids is 1. The minimum absolute atomic E-state index is 0.372. The normalized spacial score (nSPS) is 10.4. The summed E-state index contributed by atoms with van der Waals surface area (Å²) in [5.74, 6) is 1.38. The number of benzene rings is 2. The molecule has 2 rings (SSSR count). The zero-order valence-electron chi connectivity index (χ0n) is 14.5. The Labute approximate surface area is 160 Å². The molecule has 0 bridgehead atoms. The van der Waals surface area contributed by atoms with E-state index in [1.165, 1.54) is 20.4 Å². The van der Waals surface area contributed by atoms with E-state index in [0.29, 0.717) is 29.4 Å². The SMILES string of the molecule is C=CCOc1ccc(/C=N\NC(=O)c2cc(OC)cc(OC)c2)cc1Br. The summed E-state index contributed by atoms with van der Waals surface area (Å²) in [6.45, 7) is 4.03. The predicted octanol–water partition coefficient (Wildman–Crippen LogP) is 3.80. The summed E-state index contributed by atoms with van der Waals surface area (Å²) in [4.78, 5) is 12.2. The molecule has 0 atom stereocenters. The Bertz CT molecular complexity index is 799. The number of rotatable bonds is 8. The molecule has 0 fully saturated rings. The number of nitrogens with one attached hydrogen (secondary N) is 1. The third kappa shape index (κ3) is 5.35. The smallest absolute Gasteiger partial charge is 0.271 e. The van der Waals surface area contributed by atoms with Crippen LogP contribution in [0.25, 0.3) is 0 Å². The van der Waals surface area contributed by atoms with E-state index < -0.39 is 0 Å². The van der Waals surface area contributed by atoms with Crippen LogP contribution in [-0.4, -0.2) is 32.9 Å². The highest BCUT2D eigenvalue weighted by molar-refractivity contribution is 9.10. The monoisotopic (exact) mass is 418 g/mol. The first kappa shape index (κ1) is 19.5. The maximum atomic E-state index is 12.2. The molecule has 0 aliphatic rings. The van der Waals surface area contributed by atoms with Gasteiger partial charge in [0.2, 0.25) is 0 Å². The molecule has 0 spiro atoms. The largest absolute Gasteiger partial charge is 0.497 e. The fourth-order valence-corrected chi connectivity index (χ4v) is 2.54. The molecule has 0 aliphatic carbocycles. The van der Waals surface area contributed by atoms with Crippen molar-refractivity contribution in [2.24, 2.45) is 5.10 Å². The highest BCUT2D eigenvalue weighted by Crippen LogP contribution is 2.25. The fourth-order valence-electron chi connectivity index (χ4n) is 2.03. The van der Waals surface area contributed by atoms with Crippen LogP contribution in [0.4, 0.5) is 0 Å². The van der Waals surface area contributed by atoms with E-state index in [9.17, 15) is 4.79 Å². The Kier molecular flexibility index (Phi) is 7.23. The first-order valence-corrected chi connectivity index (χ1v) is 8.46. The van der Waals surface area contributed by atoms with E-state index in [0.717, 1.165) is 10.0 Å². The van der Waals surface area contributed by atoms with Crippen LogP contribution in [0.1, 0.15) is 15.9 Å². The number of halogens is 1. The maximum absolute atomic E-state index is 12.2. The first-order valence-electron chi connectivity index (χ1n) is 7.67. The molecule has 0 heterocycles. The second-order valence-electron chi connectivity index (χ2n) is 5.09. The van der Waals surface area contributed by atoms with Gasteiger partial charge in [-0.15, -0.1) is 0 Å². The van der Waals surface area contributed by atoms with Crippen LogP contribution in [0.15, 0.2) is 58.6 Å². The van der Waals surface area contributed by atoms with Crippen LogP contribution in [0.5, 0.6) is 17.2 Å². The summed E-state index contributed by atoms with van der Waals surface area (Å²) in [5, 5.41) is 3.98. The molecule has 7 heteroatoms. The lowest BCUT2D eigenvalue weighted by Gasteiger charge is -2.07. The molecule has 26 heavy (non-hydrogen) atoms. The van der Waals surface area contributed by atoms with Gasteiger partial charge in [0.1, 0.15) is 23.9 Å². The van der Waals surface area contributed by atoms with Gasteiger partial charge in [0.15, 0.2) is 0 Å². The van der Waals surface area contributed by atoms with Crippen molar-refractivity contribution in [1.82, 2.24) is 5.43 Å². The molecule has 1 N–H and O–H groups in total. The van der Waals surface area contributed by atoms with E-state index in [2.05, 4.69) is 33.0 Å². The topological polar surface area (TPSA) is 69.2 Å². The lowest BCUT2D eigenvalue weighted by molar-refractivity contribution is 0.0954. The highest BCUT2D eigenvalue weighted by Gasteiger charge is 2.09. The Morgan fingerprint density at radius 2 is 1.88 bits per heavy atom. The minimum Gasteiger partial charge on any atom is -0.497 e. The van der Waals surface area contributed by atoms with Crippen LogP contribution in [0.2, 0.25) is 0 Å². The standard InChI is InChI=1S/C19H19BrN2O4/c1-4-7-26-18-6-5-13(8-17(18)20)12-21-22-19(23)14-9-15(24-2)11-16(10-14)25-3/h4-6,8-12H,1,7H2,2-3H3,(H,22,23)/b21-12-. The van der Waals surface area contributed by atoms with Crippen molar-refractivity contribution < 1.29 is 19.0 Å². The first-order chi connectivity index (χ1) is 12.6. The number of amides is 1. The zero-order valence-corrected chi connectivity index (χ0v) is 16.1. The molecule has 0 saturated heterocycles. The summed E-state index contributed by atoms with van der Waals surface area (Å²) >= 11 is 3.43. The number of nitrogens with zero attached hydrogens (tertiary/aromatic N) is 1. The Hall–Kier alpha value is -2.80. The molecule has 0 saturated carbocycles. The van der Waals surface area contributed by atoms with Gasteiger partial charge >= 0.3 is 0 Å². The van der Waals surface area contributed by atoms with Gasteiger partial charge in [-0.3, -0.25) is 4.79 Å². The number of methoxy groups -OCH3 is 2. The molecule has 1 amide bonds.